The van der Waals surface area contributed by atoms with Gasteiger partial charge in [-0.2, -0.15) is 0 Å². The molecule has 0 aliphatic heterocycles. The van der Waals surface area contributed by atoms with Crippen molar-refractivity contribution in [3.05, 3.63) is 36.4 Å². The van der Waals surface area contributed by atoms with Gasteiger partial charge in [0.1, 0.15) is 18.1 Å². The summed E-state index contributed by atoms with van der Waals surface area (Å²) in [5.41, 5.74) is 22.6. The number of aliphatic carboxylic acids is 1. The molecule has 0 fully saturated rings. The quantitative estimate of drug-likeness (QED) is 0.0464. The van der Waals surface area contributed by atoms with Gasteiger partial charge in [-0.15, -0.1) is 0 Å². The summed E-state index contributed by atoms with van der Waals surface area (Å²) in [4.78, 5) is 79.5. The lowest BCUT2D eigenvalue weighted by molar-refractivity contribution is -0.142. The Morgan fingerprint density at radius 3 is 1.88 bits per heavy atom. The standard InChI is InChI=1S/C23H36N12O6/c24-14(2-1-5-30-23(26)27)19(37)33-15(3-4-18(25)36)20(38)34-16(6-12-8-28-10-31-12)21(39)35-17(22(40)41)7-13-9-29-11-32-13/h8-11,14-17H,1-7,24H2,(H2,25,36)(H,28,31)(H,29,32)(H,33,37)(H,34,38)(H,35,39)(H,40,41)(H4,26,27,30). The van der Waals surface area contributed by atoms with E-state index in [-0.39, 0.29) is 44.6 Å². The number of carbonyl (C=O) groups excluding carboxylic acids is 4. The normalized spacial score (nSPS) is 13.7. The molecule has 18 nitrogen and oxygen atoms in total. The van der Waals surface area contributed by atoms with Crippen LogP contribution in [-0.4, -0.2) is 91.3 Å². The molecule has 14 N–H and O–H groups in total. The number of amides is 4. The molecule has 0 bridgehead atoms. The van der Waals surface area contributed by atoms with Gasteiger partial charge in [0.25, 0.3) is 0 Å². The van der Waals surface area contributed by atoms with Crippen LogP contribution < -0.4 is 38.9 Å². The Balaban J connectivity index is 2.15. The molecule has 0 saturated heterocycles. The molecule has 2 aromatic rings. The minimum absolute atomic E-state index is 0.0885. The Hall–Kier alpha value is -5.00. The zero-order chi connectivity index (χ0) is 30.4. The first-order valence-corrected chi connectivity index (χ1v) is 12.6. The summed E-state index contributed by atoms with van der Waals surface area (Å²) in [7, 11) is 0. The number of aromatic amines is 2. The van der Waals surface area contributed by atoms with Crippen LogP contribution in [0.4, 0.5) is 0 Å². The fourth-order valence-electron chi connectivity index (χ4n) is 3.67. The van der Waals surface area contributed by atoms with Crippen molar-refractivity contribution in [2.75, 3.05) is 6.54 Å². The van der Waals surface area contributed by atoms with Crippen LogP contribution in [-0.2, 0) is 36.8 Å². The monoisotopic (exact) mass is 576 g/mol. The van der Waals surface area contributed by atoms with Gasteiger partial charge in [-0.3, -0.25) is 24.2 Å². The van der Waals surface area contributed by atoms with Crippen molar-refractivity contribution in [2.24, 2.45) is 27.9 Å². The lowest BCUT2D eigenvalue weighted by atomic mass is 10.1. The molecule has 2 rings (SSSR count). The van der Waals surface area contributed by atoms with Crippen LogP contribution in [0.2, 0.25) is 0 Å². The maximum Gasteiger partial charge on any atom is 0.326 e. The number of nitrogens with two attached hydrogens (primary N) is 4. The van der Waals surface area contributed by atoms with E-state index in [0.29, 0.717) is 17.8 Å². The highest BCUT2D eigenvalue weighted by molar-refractivity contribution is 5.94. The van der Waals surface area contributed by atoms with E-state index in [1.807, 2.05) is 0 Å². The van der Waals surface area contributed by atoms with E-state index in [9.17, 15) is 29.1 Å². The molecule has 0 aliphatic rings. The van der Waals surface area contributed by atoms with Crippen molar-refractivity contribution in [1.82, 2.24) is 35.9 Å². The second-order valence-corrected chi connectivity index (χ2v) is 9.14. The first kappa shape index (κ1) is 32.2. The maximum absolute atomic E-state index is 13.3. The third kappa shape index (κ3) is 11.7. The van der Waals surface area contributed by atoms with Gasteiger partial charge in [0.2, 0.25) is 23.6 Å². The molecule has 0 aromatic carbocycles. The summed E-state index contributed by atoms with van der Waals surface area (Å²) < 4.78 is 0. The highest BCUT2D eigenvalue weighted by Crippen LogP contribution is 2.06. The molecule has 0 spiro atoms. The number of H-pyrrole nitrogens is 2. The highest BCUT2D eigenvalue weighted by atomic mass is 16.4. The van der Waals surface area contributed by atoms with E-state index in [2.05, 4.69) is 40.9 Å². The van der Waals surface area contributed by atoms with Gasteiger partial charge in [-0.1, -0.05) is 0 Å². The number of nitrogens with zero attached hydrogens (tertiary/aromatic N) is 3. The predicted octanol–water partition coefficient (Wildman–Crippen LogP) is -3.90. The van der Waals surface area contributed by atoms with Gasteiger partial charge in [-0.05, 0) is 19.3 Å². The van der Waals surface area contributed by atoms with Gasteiger partial charge in [-0.25, -0.2) is 14.8 Å². The van der Waals surface area contributed by atoms with Crippen molar-refractivity contribution in [3.63, 3.8) is 0 Å². The van der Waals surface area contributed by atoms with Gasteiger partial charge in [0, 0.05) is 49.6 Å². The van der Waals surface area contributed by atoms with E-state index in [0.717, 1.165) is 0 Å². The average Bonchev–Trinajstić information content (AvgIpc) is 3.62. The lowest BCUT2D eigenvalue weighted by Gasteiger charge is -2.25. The number of carbonyl (C=O) groups is 5. The van der Waals surface area contributed by atoms with E-state index in [1.165, 1.54) is 25.0 Å². The summed E-state index contributed by atoms with van der Waals surface area (Å²) in [6.07, 6.45) is 5.57. The minimum Gasteiger partial charge on any atom is -0.480 e. The number of carboxylic acids is 1. The summed E-state index contributed by atoms with van der Waals surface area (Å²) >= 11 is 0. The van der Waals surface area contributed by atoms with Gasteiger partial charge >= 0.3 is 5.97 Å². The molecule has 0 radical (unpaired) electrons. The molecule has 224 valence electrons. The fourth-order valence-corrected chi connectivity index (χ4v) is 3.67. The van der Waals surface area contributed by atoms with E-state index < -0.39 is 53.8 Å². The summed E-state index contributed by atoms with van der Waals surface area (Å²) in [6, 6.07) is -4.92. The molecule has 0 aliphatic carbocycles. The number of aromatic nitrogens is 4. The van der Waals surface area contributed by atoms with Crippen LogP contribution in [0.1, 0.15) is 37.1 Å². The lowest BCUT2D eigenvalue weighted by Crippen LogP contribution is -2.58. The first-order chi connectivity index (χ1) is 19.5. The zero-order valence-corrected chi connectivity index (χ0v) is 22.2. The smallest absolute Gasteiger partial charge is 0.326 e. The molecule has 41 heavy (non-hydrogen) atoms. The second-order valence-electron chi connectivity index (χ2n) is 9.14. The molecule has 18 heteroatoms. The van der Waals surface area contributed by atoms with E-state index >= 15 is 0 Å². The van der Waals surface area contributed by atoms with Gasteiger partial charge in [0.15, 0.2) is 5.96 Å². The van der Waals surface area contributed by atoms with Crippen LogP contribution in [0.15, 0.2) is 30.0 Å². The van der Waals surface area contributed by atoms with Crippen LogP contribution in [0.5, 0.6) is 0 Å². The number of carboxylic acid groups (broad SMARTS) is 1. The first-order valence-electron chi connectivity index (χ1n) is 12.6. The molecule has 2 aromatic heterocycles. The van der Waals surface area contributed by atoms with Crippen molar-refractivity contribution < 1.29 is 29.1 Å². The second kappa shape index (κ2) is 16.2. The SMILES string of the molecule is NC(=O)CCC(NC(=O)C(N)CCCN=C(N)N)C(=O)NC(Cc1cnc[nH]1)C(=O)NC(Cc1cnc[nH]1)C(=O)O. The Labute approximate surface area is 234 Å². The predicted molar refractivity (Wildman–Crippen MR) is 144 cm³/mol. The molecule has 4 unspecified atom stereocenters. The topological polar surface area (TPSA) is 315 Å². The Morgan fingerprint density at radius 1 is 0.829 bits per heavy atom. The number of aliphatic imine (C=N–C) groups is 1. The number of guanidine groups is 1. The average molecular weight is 577 g/mol. The third-order valence-electron chi connectivity index (χ3n) is 5.82. The zero-order valence-electron chi connectivity index (χ0n) is 22.2. The molecule has 4 atom stereocenters. The number of imidazole rings is 2. The van der Waals surface area contributed by atoms with Crippen LogP contribution in [0, 0.1) is 0 Å². The number of rotatable bonds is 18. The number of hydrogen-bond donors (Lipinski definition) is 10. The van der Waals surface area contributed by atoms with Crippen LogP contribution in [0.3, 0.4) is 0 Å². The summed E-state index contributed by atoms with van der Waals surface area (Å²) in [6.45, 7) is 0.247. The van der Waals surface area contributed by atoms with Crippen molar-refractivity contribution >= 4 is 35.6 Å². The van der Waals surface area contributed by atoms with E-state index in [1.54, 1.807) is 0 Å². The Morgan fingerprint density at radius 2 is 1.37 bits per heavy atom. The molecule has 4 amide bonds. The summed E-state index contributed by atoms with van der Waals surface area (Å²) in [5.74, 6) is -4.42. The molecular formula is C23H36N12O6. The van der Waals surface area contributed by atoms with Crippen molar-refractivity contribution in [1.29, 1.82) is 0 Å². The maximum atomic E-state index is 13.3. The Kier molecular flexibility index (Phi) is 12.7. The number of hydrogen-bond acceptors (Lipinski definition) is 9. The highest BCUT2D eigenvalue weighted by Gasteiger charge is 2.31. The van der Waals surface area contributed by atoms with Gasteiger partial charge in [0.05, 0.1) is 18.7 Å². The van der Waals surface area contributed by atoms with E-state index in [4.69, 9.17) is 22.9 Å². The van der Waals surface area contributed by atoms with Crippen molar-refractivity contribution in [3.8, 4) is 0 Å². The van der Waals surface area contributed by atoms with Gasteiger partial charge < -0.3 is 54.0 Å². The molecule has 0 saturated carbocycles. The molecular weight excluding hydrogens is 540 g/mol. The summed E-state index contributed by atoms with van der Waals surface area (Å²) in [5, 5.41) is 17.1. The number of primary amides is 1. The van der Waals surface area contributed by atoms with Crippen LogP contribution in [0.25, 0.3) is 0 Å². The minimum atomic E-state index is -1.34. The molecule has 2 heterocycles. The van der Waals surface area contributed by atoms with Crippen LogP contribution >= 0.6 is 0 Å². The number of nitrogens with one attached hydrogen (secondary N) is 5. The van der Waals surface area contributed by atoms with Crippen molar-refractivity contribution in [2.45, 2.75) is 62.7 Å². The largest absolute Gasteiger partial charge is 0.480 e. The Bertz CT molecular complexity index is 1180. The third-order valence-corrected chi connectivity index (χ3v) is 5.82. The fraction of sp³-hybridized carbons (Fsp3) is 0.478.